The summed E-state index contributed by atoms with van der Waals surface area (Å²) in [4.78, 5) is 9.97. The summed E-state index contributed by atoms with van der Waals surface area (Å²) in [6.45, 7) is 7.00. The van der Waals surface area contributed by atoms with Gasteiger partial charge in [0.25, 0.3) is 0 Å². The number of pyridine rings is 1. The van der Waals surface area contributed by atoms with Crippen LogP contribution in [0.5, 0.6) is 0 Å². The molecule has 1 radical (unpaired) electrons. The molecule has 0 N–H and O–H groups in total. The zero-order chi connectivity index (χ0) is 39.2. The first-order chi connectivity index (χ1) is 28.4. The molecular weight excluding hydrogens is 931 g/mol. The van der Waals surface area contributed by atoms with Gasteiger partial charge in [0.1, 0.15) is 0 Å². The SMILES string of the molecule is C[Si](C)(C)c1ccc(-c2[c-]cccc2)nc1.[Ir].[c-]1ccc2c(sc3ccccc32)c1-c1nc2c3ccc4ccccc4c3ccc2n1-c1cccc(-c2ccccc2)c1. The molecule has 11 rings (SSSR count). The molecule has 0 amide bonds. The van der Waals surface area contributed by atoms with Crippen LogP contribution in [0.3, 0.4) is 0 Å². The van der Waals surface area contributed by atoms with Crippen LogP contribution in [0, 0.1) is 12.1 Å². The van der Waals surface area contributed by atoms with Gasteiger partial charge in [0.05, 0.1) is 24.9 Å². The Labute approximate surface area is 363 Å². The van der Waals surface area contributed by atoms with Crippen molar-refractivity contribution in [2.45, 2.75) is 19.6 Å². The van der Waals surface area contributed by atoms with E-state index in [4.69, 9.17) is 4.98 Å². The maximum Gasteiger partial charge on any atom is 0.0852 e. The Balaban J connectivity index is 0.000000224. The quantitative estimate of drug-likeness (QED) is 0.0977. The molecule has 0 fully saturated rings. The van der Waals surface area contributed by atoms with E-state index in [0.29, 0.717) is 0 Å². The van der Waals surface area contributed by atoms with Crippen molar-refractivity contribution in [3.63, 3.8) is 0 Å². The summed E-state index contributed by atoms with van der Waals surface area (Å²) < 4.78 is 4.81. The van der Waals surface area contributed by atoms with Gasteiger partial charge < -0.3 is 9.55 Å². The number of nitrogens with zero attached hydrogens (tertiary/aromatic N) is 3. The average Bonchev–Trinajstić information content (AvgIpc) is 3.86. The fourth-order valence-corrected chi connectivity index (χ4v) is 10.1. The molecule has 0 atom stereocenters. The molecule has 3 heterocycles. The van der Waals surface area contributed by atoms with Crippen molar-refractivity contribution in [2.75, 3.05) is 0 Å². The molecule has 11 aromatic rings. The van der Waals surface area contributed by atoms with Crippen molar-refractivity contribution >= 4 is 77.3 Å². The van der Waals surface area contributed by atoms with E-state index in [1.54, 1.807) is 0 Å². The third-order valence-corrected chi connectivity index (χ3v) is 14.2. The summed E-state index contributed by atoms with van der Waals surface area (Å²) in [5.74, 6) is 0.910. The van der Waals surface area contributed by atoms with E-state index in [9.17, 15) is 0 Å². The summed E-state index contributed by atoms with van der Waals surface area (Å²) >= 11 is 1.82. The molecule has 0 aliphatic rings. The first-order valence-electron chi connectivity index (χ1n) is 19.7. The molecule has 3 aromatic heterocycles. The molecule has 0 spiro atoms. The second-order valence-corrected chi connectivity index (χ2v) is 21.8. The summed E-state index contributed by atoms with van der Waals surface area (Å²) in [7, 11) is -1.23. The Bertz CT molecular complexity index is 3260. The summed E-state index contributed by atoms with van der Waals surface area (Å²) in [5.41, 5.74) is 8.64. The van der Waals surface area contributed by atoms with E-state index >= 15 is 0 Å². The van der Waals surface area contributed by atoms with Crippen LogP contribution in [0.4, 0.5) is 0 Å². The molecule has 8 aromatic carbocycles. The zero-order valence-electron chi connectivity index (χ0n) is 32.9. The molecule has 0 bridgehead atoms. The second-order valence-electron chi connectivity index (χ2n) is 15.7. The molecule has 0 saturated carbocycles. The molecule has 59 heavy (non-hydrogen) atoms. The van der Waals surface area contributed by atoms with Crippen LogP contribution in [0.15, 0.2) is 182 Å². The third kappa shape index (κ3) is 7.24. The predicted molar refractivity (Wildman–Crippen MR) is 250 cm³/mol. The van der Waals surface area contributed by atoms with Gasteiger partial charge in [-0.3, -0.25) is 4.98 Å². The minimum atomic E-state index is -1.23. The first-order valence-corrected chi connectivity index (χ1v) is 24.0. The van der Waals surface area contributed by atoms with Crippen molar-refractivity contribution in [1.82, 2.24) is 14.5 Å². The Kier molecular flexibility index (Phi) is 10.4. The number of hydrogen-bond acceptors (Lipinski definition) is 3. The number of fused-ring (bicyclic) bond motifs is 8. The second kappa shape index (κ2) is 16.0. The summed E-state index contributed by atoms with van der Waals surface area (Å²) in [6.07, 6.45) is 2.02. The molecular formula is C53H39IrN3SSi-2. The fraction of sp³-hybridized carbons (Fsp3) is 0.0566. The van der Waals surface area contributed by atoms with Crippen LogP contribution in [0.1, 0.15) is 0 Å². The van der Waals surface area contributed by atoms with Crippen LogP contribution >= 0.6 is 11.3 Å². The Morgan fingerprint density at radius 1 is 0.576 bits per heavy atom. The van der Waals surface area contributed by atoms with Crippen molar-refractivity contribution in [3.8, 4) is 39.5 Å². The van der Waals surface area contributed by atoms with Crippen molar-refractivity contribution in [1.29, 1.82) is 0 Å². The maximum atomic E-state index is 5.46. The molecule has 0 aliphatic carbocycles. The normalized spacial score (nSPS) is 11.5. The fourth-order valence-electron chi connectivity index (χ4n) is 7.92. The van der Waals surface area contributed by atoms with Crippen LogP contribution in [0.2, 0.25) is 19.6 Å². The zero-order valence-corrected chi connectivity index (χ0v) is 37.1. The Morgan fingerprint density at radius 3 is 2.14 bits per heavy atom. The van der Waals surface area contributed by atoms with Crippen molar-refractivity contribution in [2.24, 2.45) is 0 Å². The molecule has 0 aliphatic heterocycles. The monoisotopic (exact) mass is 970 g/mol. The van der Waals surface area contributed by atoms with E-state index in [1.165, 1.54) is 52.6 Å². The van der Waals surface area contributed by atoms with E-state index in [0.717, 1.165) is 44.8 Å². The number of thiophene rings is 1. The van der Waals surface area contributed by atoms with Crippen LogP contribution in [-0.2, 0) is 20.1 Å². The molecule has 287 valence electrons. The number of hydrogen-bond donors (Lipinski definition) is 0. The van der Waals surface area contributed by atoms with Crippen molar-refractivity contribution in [3.05, 3.63) is 194 Å². The molecule has 6 heteroatoms. The van der Waals surface area contributed by atoms with Gasteiger partial charge in [0.2, 0.25) is 0 Å². The summed E-state index contributed by atoms with van der Waals surface area (Å²) in [6, 6.07) is 68.8. The van der Waals surface area contributed by atoms with Gasteiger partial charge in [-0.25, -0.2) is 0 Å². The number of imidazole rings is 1. The minimum Gasteiger partial charge on any atom is -0.333 e. The first kappa shape index (κ1) is 38.5. The van der Waals surface area contributed by atoms with E-state index < -0.39 is 8.07 Å². The number of benzene rings is 8. The Hall–Kier alpha value is -6.01. The van der Waals surface area contributed by atoms with E-state index in [-0.39, 0.29) is 20.1 Å². The standard InChI is InChI=1S/C39H23N2S.C14H16NSi.Ir/c1-2-10-25(11-3-1)27-13-8-14-28(24-27)41-35-23-22-30-29-15-5-4-12-26(29)20-21-32(30)37(35)40-39(41)34-18-9-17-33-31-16-6-7-19-36(31)42-38(33)34;1-16(2,3)13-9-10-14(15-11-13)12-7-5-4-6-8-12;/h1-17,19-24H;4-7,9-11H,1-3H3;/q2*-1;. The molecule has 3 nitrogen and oxygen atoms in total. The largest absolute Gasteiger partial charge is 0.333 e. The van der Waals surface area contributed by atoms with Gasteiger partial charge >= 0.3 is 0 Å². The topological polar surface area (TPSA) is 30.7 Å². The predicted octanol–water partition coefficient (Wildman–Crippen LogP) is 13.9. The van der Waals surface area contributed by atoms with Gasteiger partial charge in [-0.2, -0.15) is 11.3 Å². The van der Waals surface area contributed by atoms with Gasteiger partial charge in [0, 0.05) is 42.1 Å². The van der Waals surface area contributed by atoms with Crippen LogP contribution in [-0.4, -0.2) is 22.6 Å². The van der Waals surface area contributed by atoms with Gasteiger partial charge in [-0.1, -0.05) is 146 Å². The van der Waals surface area contributed by atoms with Crippen LogP contribution in [0.25, 0.3) is 92.2 Å². The summed E-state index contributed by atoms with van der Waals surface area (Å²) in [5, 5.41) is 8.79. The van der Waals surface area contributed by atoms with Gasteiger partial charge in [0.15, 0.2) is 0 Å². The Morgan fingerprint density at radius 2 is 1.34 bits per heavy atom. The third-order valence-electron chi connectivity index (χ3n) is 10.9. The van der Waals surface area contributed by atoms with Gasteiger partial charge in [-0.05, 0) is 72.5 Å². The van der Waals surface area contributed by atoms with E-state index in [2.05, 4.69) is 187 Å². The minimum absolute atomic E-state index is 0. The van der Waals surface area contributed by atoms with Crippen LogP contribution < -0.4 is 5.19 Å². The van der Waals surface area contributed by atoms with Crippen molar-refractivity contribution < 1.29 is 20.1 Å². The average molecular weight is 970 g/mol. The number of aromatic nitrogens is 3. The van der Waals surface area contributed by atoms with Gasteiger partial charge in [-0.15, -0.1) is 54.1 Å². The molecule has 0 unspecified atom stereocenters. The molecule has 0 saturated heterocycles. The smallest absolute Gasteiger partial charge is 0.0852 e. The van der Waals surface area contributed by atoms with E-state index in [1.807, 2.05) is 47.9 Å². The number of rotatable bonds is 5. The maximum absolute atomic E-state index is 5.46.